The number of carbonyl (C=O) groups excluding carboxylic acids is 1. The lowest BCUT2D eigenvalue weighted by Gasteiger charge is -2.21. The molecule has 0 atom stereocenters. The lowest BCUT2D eigenvalue weighted by molar-refractivity contribution is -0.134. The third-order valence-electron chi connectivity index (χ3n) is 5.12. The molecule has 7 nitrogen and oxygen atoms in total. The summed E-state index contributed by atoms with van der Waals surface area (Å²) < 4.78 is 32.7. The fourth-order valence-corrected chi connectivity index (χ4v) is 3.34. The van der Waals surface area contributed by atoms with E-state index in [1.165, 1.54) is 13.2 Å². The molecule has 0 amide bonds. The van der Waals surface area contributed by atoms with E-state index in [2.05, 4.69) is 10.8 Å². The van der Waals surface area contributed by atoms with Crippen LogP contribution in [0.2, 0.25) is 0 Å². The number of ether oxygens (including phenoxy) is 6. The summed E-state index contributed by atoms with van der Waals surface area (Å²) in [4.78, 5) is 11.2. The van der Waals surface area contributed by atoms with Gasteiger partial charge >= 0.3 is 5.97 Å². The molecule has 0 saturated carbocycles. The van der Waals surface area contributed by atoms with Gasteiger partial charge in [0.1, 0.15) is 12.4 Å². The van der Waals surface area contributed by atoms with Crippen LogP contribution in [0.4, 0.5) is 0 Å². The minimum absolute atomic E-state index is 0.393. The second-order valence-electron chi connectivity index (χ2n) is 7.21. The molecule has 0 radical (unpaired) electrons. The number of carbonyl (C=O) groups is 1. The predicted molar refractivity (Wildman–Crippen MR) is 128 cm³/mol. The molecular weight excluding hydrogens is 424 g/mol. The van der Waals surface area contributed by atoms with Crippen molar-refractivity contribution in [3.05, 3.63) is 58.7 Å². The zero-order valence-electron chi connectivity index (χ0n) is 20.3. The SMILES string of the molecule is COC(=O)/C=C/c1ccc(OC/C(C)=C/Cc2c(C)c(OC)c(OC)c(OC)c2OC)cc1. The average Bonchev–Trinajstić information content (AvgIpc) is 2.84. The van der Waals surface area contributed by atoms with Crippen molar-refractivity contribution >= 4 is 12.0 Å². The van der Waals surface area contributed by atoms with Crippen LogP contribution < -0.4 is 23.7 Å². The molecular formula is C26H32O7. The summed E-state index contributed by atoms with van der Waals surface area (Å²) in [7, 11) is 7.70. The first-order valence-corrected chi connectivity index (χ1v) is 10.4. The summed E-state index contributed by atoms with van der Waals surface area (Å²) in [5, 5.41) is 0. The molecule has 178 valence electrons. The smallest absolute Gasteiger partial charge is 0.330 e. The van der Waals surface area contributed by atoms with Crippen molar-refractivity contribution in [1.82, 2.24) is 0 Å². The van der Waals surface area contributed by atoms with Gasteiger partial charge in [0.05, 0.1) is 35.5 Å². The maximum Gasteiger partial charge on any atom is 0.330 e. The van der Waals surface area contributed by atoms with Crippen molar-refractivity contribution in [3.63, 3.8) is 0 Å². The molecule has 0 aliphatic heterocycles. The molecule has 0 N–H and O–H groups in total. The van der Waals surface area contributed by atoms with E-state index >= 15 is 0 Å². The number of rotatable bonds is 11. The lowest BCUT2D eigenvalue weighted by Crippen LogP contribution is -2.05. The van der Waals surface area contributed by atoms with E-state index in [0.717, 1.165) is 28.0 Å². The molecule has 0 aromatic heterocycles. The van der Waals surface area contributed by atoms with E-state index in [0.29, 0.717) is 36.0 Å². The number of esters is 1. The fourth-order valence-electron chi connectivity index (χ4n) is 3.34. The van der Waals surface area contributed by atoms with Crippen LogP contribution in [0.1, 0.15) is 23.6 Å². The van der Waals surface area contributed by atoms with Crippen molar-refractivity contribution in [2.75, 3.05) is 42.2 Å². The number of hydrogen-bond donors (Lipinski definition) is 0. The normalized spacial score (nSPS) is 11.3. The minimum atomic E-state index is -0.393. The van der Waals surface area contributed by atoms with Crippen LogP contribution >= 0.6 is 0 Å². The Bertz CT molecular complexity index is 1000. The van der Waals surface area contributed by atoms with Gasteiger partial charge in [0.2, 0.25) is 11.5 Å². The van der Waals surface area contributed by atoms with Gasteiger partial charge in [0.25, 0.3) is 0 Å². The minimum Gasteiger partial charge on any atom is -0.492 e. The molecule has 0 saturated heterocycles. The monoisotopic (exact) mass is 456 g/mol. The molecule has 0 bridgehead atoms. The Morgan fingerprint density at radius 3 is 1.97 bits per heavy atom. The number of methoxy groups -OCH3 is 5. The zero-order chi connectivity index (χ0) is 24.4. The van der Waals surface area contributed by atoms with Gasteiger partial charge in [-0.3, -0.25) is 0 Å². The molecule has 2 aromatic carbocycles. The van der Waals surface area contributed by atoms with Gasteiger partial charge in [-0.25, -0.2) is 4.79 Å². The number of benzene rings is 2. The molecule has 2 rings (SSSR count). The molecule has 7 heteroatoms. The van der Waals surface area contributed by atoms with E-state index in [9.17, 15) is 4.79 Å². The topological polar surface area (TPSA) is 72.5 Å². The van der Waals surface area contributed by atoms with E-state index in [1.807, 2.05) is 38.1 Å². The number of allylic oxidation sites excluding steroid dienone is 1. The third kappa shape index (κ3) is 6.44. The first-order chi connectivity index (χ1) is 15.9. The predicted octanol–water partition coefficient (Wildman–Crippen LogP) is 4.78. The summed E-state index contributed by atoms with van der Waals surface area (Å²) >= 11 is 0. The van der Waals surface area contributed by atoms with Gasteiger partial charge in [0, 0.05) is 17.2 Å². The van der Waals surface area contributed by atoms with Crippen LogP contribution in [0.15, 0.2) is 42.0 Å². The molecule has 0 fully saturated rings. The van der Waals surface area contributed by atoms with Crippen molar-refractivity contribution < 1.29 is 33.2 Å². The molecule has 0 unspecified atom stereocenters. The zero-order valence-corrected chi connectivity index (χ0v) is 20.3. The number of hydrogen-bond acceptors (Lipinski definition) is 7. The van der Waals surface area contributed by atoms with E-state index in [1.54, 1.807) is 34.5 Å². The summed E-state index contributed by atoms with van der Waals surface area (Å²) in [6.07, 6.45) is 5.76. The highest BCUT2D eigenvalue weighted by atomic mass is 16.5. The van der Waals surface area contributed by atoms with Gasteiger partial charge in [-0.15, -0.1) is 0 Å². The largest absolute Gasteiger partial charge is 0.492 e. The van der Waals surface area contributed by atoms with Crippen molar-refractivity contribution in [3.8, 4) is 28.7 Å². The Morgan fingerprint density at radius 2 is 1.42 bits per heavy atom. The lowest BCUT2D eigenvalue weighted by atomic mass is 10.00. The highest BCUT2D eigenvalue weighted by Gasteiger charge is 2.24. The van der Waals surface area contributed by atoms with Gasteiger partial charge in [-0.05, 0) is 49.6 Å². The van der Waals surface area contributed by atoms with Crippen molar-refractivity contribution in [2.24, 2.45) is 0 Å². The van der Waals surface area contributed by atoms with Gasteiger partial charge in [0.15, 0.2) is 11.5 Å². The molecule has 0 aliphatic rings. The fraction of sp³-hybridized carbons (Fsp3) is 0.346. The van der Waals surface area contributed by atoms with Crippen LogP contribution in [-0.4, -0.2) is 48.1 Å². The highest BCUT2D eigenvalue weighted by molar-refractivity contribution is 5.86. The first kappa shape index (κ1) is 25.6. The molecule has 33 heavy (non-hydrogen) atoms. The maximum atomic E-state index is 11.2. The molecule has 2 aromatic rings. The van der Waals surface area contributed by atoms with Crippen molar-refractivity contribution in [2.45, 2.75) is 20.3 Å². The summed E-state index contributed by atoms with van der Waals surface area (Å²) in [5.74, 6) is 2.59. The second kappa shape index (κ2) is 12.4. The Kier molecular flexibility index (Phi) is 9.66. The first-order valence-electron chi connectivity index (χ1n) is 10.4. The van der Waals surface area contributed by atoms with Crippen LogP contribution in [0.3, 0.4) is 0 Å². The summed E-state index contributed by atoms with van der Waals surface area (Å²) in [5.41, 5.74) is 3.81. The standard InChI is InChI=1S/C26H32O7/c1-17(16-33-20-12-9-19(10-13-20)11-15-22(27)28-3)8-14-21-18(2)23(29-4)25(31-6)26(32-7)24(21)30-5/h8-13,15H,14,16H2,1-7H3/b15-11+,17-8+. The van der Waals surface area contributed by atoms with Crippen LogP contribution in [-0.2, 0) is 16.0 Å². The highest BCUT2D eigenvalue weighted by Crippen LogP contribution is 2.49. The van der Waals surface area contributed by atoms with Crippen LogP contribution in [0, 0.1) is 6.92 Å². The average molecular weight is 457 g/mol. The second-order valence-corrected chi connectivity index (χ2v) is 7.21. The summed E-state index contributed by atoms with van der Waals surface area (Å²) in [6, 6.07) is 7.46. The Labute approximate surface area is 195 Å². The van der Waals surface area contributed by atoms with Gasteiger partial charge in [-0.1, -0.05) is 18.2 Å². The van der Waals surface area contributed by atoms with Gasteiger partial charge in [-0.2, -0.15) is 0 Å². The van der Waals surface area contributed by atoms with E-state index in [4.69, 9.17) is 23.7 Å². The summed E-state index contributed by atoms with van der Waals surface area (Å²) in [6.45, 7) is 4.41. The third-order valence-corrected chi connectivity index (χ3v) is 5.12. The van der Waals surface area contributed by atoms with Crippen LogP contribution in [0.25, 0.3) is 6.08 Å². The van der Waals surface area contributed by atoms with E-state index < -0.39 is 5.97 Å². The van der Waals surface area contributed by atoms with Crippen LogP contribution in [0.5, 0.6) is 28.7 Å². The quantitative estimate of drug-likeness (QED) is 0.274. The molecule has 0 heterocycles. The Morgan fingerprint density at radius 1 is 0.848 bits per heavy atom. The van der Waals surface area contributed by atoms with Gasteiger partial charge < -0.3 is 28.4 Å². The Balaban J connectivity index is 2.13. The van der Waals surface area contributed by atoms with Crippen molar-refractivity contribution in [1.29, 1.82) is 0 Å². The molecule has 0 spiro atoms. The maximum absolute atomic E-state index is 11.2. The van der Waals surface area contributed by atoms with E-state index in [-0.39, 0.29) is 0 Å². The Hall–Kier alpha value is -3.61. The molecule has 0 aliphatic carbocycles.